The second-order valence-electron chi connectivity index (χ2n) is 8.81. The van der Waals surface area contributed by atoms with E-state index in [1.54, 1.807) is 13.0 Å². The zero-order chi connectivity index (χ0) is 25.4. The van der Waals surface area contributed by atoms with Gasteiger partial charge in [-0.25, -0.2) is 4.39 Å². The fraction of sp³-hybridized carbons (Fsp3) is 0.300. The summed E-state index contributed by atoms with van der Waals surface area (Å²) in [5.74, 6) is -0.00894. The van der Waals surface area contributed by atoms with Crippen LogP contribution in [0.25, 0.3) is 22.0 Å². The molecule has 1 aromatic heterocycles. The monoisotopic (exact) mass is 469 g/mol. The van der Waals surface area contributed by atoms with Gasteiger partial charge in [0.1, 0.15) is 5.82 Å². The third-order valence-electron chi connectivity index (χ3n) is 6.04. The SMILES string of the molecule is CCCC#N.CC[C@@H](C)C(=O)c1cccc(-c2cccc3nn(Cc4ccc(F)c(C)c4)cc23)c1. The normalized spacial score (nSPS) is 11.4. The number of nitrogens with zero attached hydrogens (tertiary/aromatic N) is 3. The number of aryl methyl sites for hydroxylation is 1. The molecule has 0 fully saturated rings. The van der Waals surface area contributed by atoms with E-state index in [2.05, 4.69) is 6.07 Å². The lowest BCUT2D eigenvalue weighted by Gasteiger charge is -2.09. The molecule has 0 bridgehead atoms. The Balaban J connectivity index is 0.000000623. The molecule has 0 aliphatic heterocycles. The van der Waals surface area contributed by atoms with Crippen molar-refractivity contribution in [1.29, 1.82) is 5.26 Å². The average Bonchev–Trinajstić information content (AvgIpc) is 3.28. The van der Waals surface area contributed by atoms with Gasteiger partial charge in [0.05, 0.1) is 18.1 Å². The largest absolute Gasteiger partial charge is 0.294 e. The second kappa shape index (κ2) is 12.1. The molecule has 5 heteroatoms. The Morgan fingerprint density at radius 2 is 1.89 bits per heavy atom. The van der Waals surface area contributed by atoms with Gasteiger partial charge in [0.2, 0.25) is 0 Å². The van der Waals surface area contributed by atoms with Gasteiger partial charge in [-0.2, -0.15) is 10.4 Å². The van der Waals surface area contributed by atoms with Crippen LogP contribution < -0.4 is 0 Å². The van der Waals surface area contributed by atoms with E-state index in [0.29, 0.717) is 18.5 Å². The zero-order valence-electron chi connectivity index (χ0n) is 20.9. The second-order valence-corrected chi connectivity index (χ2v) is 8.81. The predicted molar refractivity (Wildman–Crippen MR) is 140 cm³/mol. The van der Waals surface area contributed by atoms with Crippen LogP contribution in [0.15, 0.2) is 66.9 Å². The highest BCUT2D eigenvalue weighted by Crippen LogP contribution is 2.29. The van der Waals surface area contributed by atoms with Crippen LogP contribution in [0.4, 0.5) is 4.39 Å². The van der Waals surface area contributed by atoms with Crippen LogP contribution in [0.5, 0.6) is 0 Å². The molecule has 0 spiro atoms. The summed E-state index contributed by atoms with van der Waals surface area (Å²) >= 11 is 0. The topological polar surface area (TPSA) is 58.7 Å². The van der Waals surface area contributed by atoms with E-state index in [4.69, 9.17) is 10.4 Å². The van der Waals surface area contributed by atoms with Gasteiger partial charge in [-0.3, -0.25) is 9.48 Å². The van der Waals surface area contributed by atoms with Crippen molar-refractivity contribution >= 4 is 16.7 Å². The van der Waals surface area contributed by atoms with Gasteiger partial charge in [0.15, 0.2) is 5.78 Å². The number of hydrogen-bond acceptors (Lipinski definition) is 3. The molecule has 3 aromatic carbocycles. The quantitative estimate of drug-likeness (QED) is 0.260. The summed E-state index contributed by atoms with van der Waals surface area (Å²) in [4.78, 5) is 12.6. The average molecular weight is 470 g/mol. The van der Waals surface area contributed by atoms with Gasteiger partial charge < -0.3 is 0 Å². The number of Topliss-reactive ketones (excluding diaryl/α,β-unsaturated/α-hetero) is 1. The minimum Gasteiger partial charge on any atom is -0.294 e. The highest BCUT2D eigenvalue weighted by Gasteiger charge is 2.15. The van der Waals surface area contributed by atoms with Crippen molar-refractivity contribution in [1.82, 2.24) is 9.78 Å². The zero-order valence-corrected chi connectivity index (χ0v) is 20.9. The third-order valence-corrected chi connectivity index (χ3v) is 6.04. The Morgan fingerprint density at radius 1 is 1.11 bits per heavy atom. The van der Waals surface area contributed by atoms with Crippen LogP contribution in [-0.2, 0) is 6.54 Å². The van der Waals surface area contributed by atoms with Crippen LogP contribution in [-0.4, -0.2) is 15.6 Å². The number of rotatable bonds is 7. The molecule has 4 aromatic rings. The molecule has 1 atom stereocenters. The fourth-order valence-corrected chi connectivity index (χ4v) is 3.84. The maximum atomic E-state index is 13.6. The van der Waals surface area contributed by atoms with Crippen LogP contribution in [0, 0.1) is 30.0 Å². The number of carbonyl (C=O) groups excluding carboxylic acids is 1. The molecule has 4 rings (SSSR count). The van der Waals surface area contributed by atoms with Gasteiger partial charge in [0, 0.05) is 29.5 Å². The first-order chi connectivity index (χ1) is 16.9. The van der Waals surface area contributed by atoms with E-state index >= 15 is 0 Å². The minimum absolute atomic E-state index is 0.0120. The molecule has 0 N–H and O–H groups in total. The van der Waals surface area contributed by atoms with Crippen LogP contribution in [0.1, 0.15) is 61.5 Å². The van der Waals surface area contributed by atoms with Gasteiger partial charge in [-0.1, -0.05) is 63.2 Å². The molecule has 0 unspecified atom stereocenters. The van der Waals surface area contributed by atoms with Gasteiger partial charge in [0.25, 0.3) is 0 Å². The van der Waals surface area contributed by atoms with Crippen LogP contribution >= 0.6 is 0 Å². The molecule has 0 amide bonds. The molecule has 4 nitrogen and oxygen atoms in total. The van der Waals surface area contributed by atoms with Crippen LogP contribution in [0.3, 0.4) is 0 Å². The first-order valence-electron chi connectivity index (χ1n) is 12.1. The molecule has 1 heterocycles. The molecular weight excluding hydrogens is 437 g/mol. The van der Waals surface area contributed by atoms with Gasteiger partial charge in [-0.15, -0.1) is 0 Å². The third kappa shape index (κ3) is 6.42. The van der Waals surface area contributed by atoms with Crippen LogP contribution in [0.2, 0.25) is 0 Å². The smallest absolute Gasteiger partial charge is 0.165 e. The molecule has 0 saturated carbocycles. The van der Waals surface area contributed by atoms with Crippen molar-refractivity contribution in [3.63, 3.8) is 0 Å². The molecule has 0 aliphatic rings. The van der Waals surface area contributed by atoms with E-state index in [1.807, 2.05) is 80.2 Å². The number of ketones is 1. The van der Waals surface area contributed by atoms with Gasteiger partial charge >= 0.3 is 0 Å². The summed E-state index contributed by atoms with van der Waals surface area (Å²) in [6.45, 7) is 8.33. The summed E-state index contributed by atoms with van der Waals surface area (Å²) in [5, 5.41) is 13.5. The summed E-state index contributed by atoms with van der Waals surface area (Å²) in [6, 6.07) is 21.0. The number of carbonyl (C=O) groups is 1. The lowest BCUT2D eigenvalue weighted by molar-refractivity contribution is 0.0927. The maximum absolute atomic E-state index is 13.6. The molecule has 35 heavy (non-hydrogen) atoms. The van der Waals surface area contributed by atoms with Crippen molar-refractivity contribution in [2.75, 3.05) is 0 Å². The Kier molecular flexibility index (Phi) is 8.92. The molecule has 180 valence electrons. The Bertz CT molecular complexity index is 1350. The molecule has 0 radical (unpaired) electrons. The summed E-state index contributed by atoms with van der Waals surface area (Å²) < 4.78 is 15.4. The lowest BCUT2D eigenvalue weighted by atomic mass is 9.93. The van der Waals surface area contributed by atoms with E-state index in [9.17, 15) is 9.18 Å². The minimum atomic E-state index is -0.196. The number of fused-ring (bicyclic) bond motifs is 1. The number of unbranched alkanes of at least 4 members (excludes halogenated alkanes) is 1. The fourth-order valence-electron chi connectivity index (χ4n) is 3.84. The first-order valence-corrected chi connectivity index (χ1v) is 12.1. The first kappa shape index (κ1) is 25.8. The van der Waals surface area contributed by atoms with Crippen molar-refractivity contribution in [2.45, 2.75) is 53.5 Å². The molecule has 0 aliphatic carbocycles. The number of nitriles is 1. The Hall–Kier alpha value is -3.78. The van der Waals surface area contributed by atoms with Crippen molar-refractivity contribution in [2.24, 2.45) is 5.92 Å². The van der Waals surface area contributed by atoms with E-state index in [-0.39, 0.29) is 17.5 Å². The highest BCUT2D eigenvalue weighted by atomic mass is 19.1. The highest BCUT2D eigenvalue weighted by molar-refractivity contribution is 6.00. The van der Waals surface area contributed by atoms with Gasteiger partial charge in [-0.05, 0) is 60.2 Å². The van der Waals surface area contributed by atoms with Crippen molar-refractivity contribution < 1.29 is 9.18 Å². The predicted octanol–water partition coefficient (Wildman–Crippen LogP) is 7.74. The summed E-state index contributed by atoms with van der Waals surface area (Å²) in [5.41, 5.74) is 5.33. The van der Waals surface area contributed by atoms with E-state index in [1.165, 1.54) is 6.07 Å². The number of aromatic nitrogens is 2. The standard InChI is InChI=1S/C26H25FN2O.C4H7N/c1-4-17(2)26(30)21-8-5-7-20(14-21)22-9-6-10-25-23(22)16-29(28-25)15-19-11-12-24(27)18(3)13-19;1-2-3-4-5/h5-14,16-17H,4,15H2,1-3H3;2-3H2,1H3/t17-;/m1./s1. The van der Waals surface area contributed by atoms with Crippen molar-refractivity contribution in [3.8, 4) is 17.2 Å². The number of benzene rings is 3. The van der Waals surface area contributed by atoms with E-state index in [0.717, 1.165) is 46.0 Å². The van der Waals surface area contributed by atoms with Crippen molar-refractivity contribution in [3.05, 3.63) is 89.4 Å². The number of halogens is 1. The summed E-state index contributed by atoms with van der Waals surface area (Å²) in [7, 11) is 0. The molecule has 0 saturated heterocycles. The maximum Gasteiger partial charge on any atom is 0.165 e. The lowest BCUT2D eigenvalue weighted by Crippen LogP contribution is -2.10. The summed E-state index contributed by atoms with van der Waals surface area (Å²) in [6.07, 6.45) is 4.53. The number of hydrogen-bond donors (Lipinski definition) is 0. The Labute approximate surface area is 207 Å². The van der Waals surface area contributed by atoms with E-state index < -0.39 is 0 Å². The Morgan fingerprint density at radius 3 is 2.54 bits per heavy atom. The molecular formula is C30H32FN3O.